The highest BCUT2D eigenvalue weighted by molar-refractivity contribution is 5.90. The number of benzene rings is 1. The predicted molar refractivity (Wildman–Crippen MR) is 118 cm³/mol. The molecule has 1 saturated carbocycles. The fraction of sp³-hybridized carbons (Fsp3) is 0.261. The molecule has 0 unspecified atom stereocenters. The van der Waals surface area contributed by atoms with Gasteiger partial charge in [-0.25, -0.2) is 4.79 Å². The lowest BCUT2D eigenvalue weighted by atomic mass is 9.96. The Morgan fingerprint density at radius 3 is 2.68 bits per heavy atom. The number of hydrogen-bond donors (Lipinski definition) is 2. The molecule has 156 valence electrons. The Bertz CT molecular complexity index is 1200. The van der Waals surface area contributed by atoms with Gasteiger partial charge in [0.2, 0.25) is 5.82 Å². The van der Waals surface area contributed by atoms with E-state index >= 15 is 0 Å². The van der Waals surface area contributed by atoms with Gasteiger partial charge in [-0.3, -0.25) is 4.98 Å². The Morgan fingerprint density at radius 2 is 1.84 bits per heavy atom. The summed E-state index contributed by atoms with van der Waals surface area (Å²) in [6, 6.07) is 17.2. The zero-order valence-corrected chi connectivity index (χ0v) is 17.0. The molecule has 1 fully saturated rings. The highest BCUT2D eigenvalue weighted by Crippen LogP contribution is 2.23. The number of nitrogens with zero attached hydrogens (tertiary/aromatic N) is 5. The number of urea groups is 1. The third-order valence-electron chi connectivity index (χ3n) is 5.51. The number of hydrogen-bond acceptors (Lipinski definition) is 5. The van der Waals surface area contributed by atoms with Crippen LogP contribution in [0.2, 0.25) is 0 Å². The van der Waals surface area contributed by atoms with Crippen molar-refractivity contribution >= 4 is 17.4 Å². The van der Waals surface area contributed by atoms with Crippen molar-refractivity contribution in [3.8, 4) is 22.8 Å². The highest BCUT2D eigenvalue weighted by Gasteiger charge is 2.16. The van der Waals surface area contributed by atoms with Crippen molar-refractivity contribution in [2.45, 2.75) is 38.1 Å². The number of anilines is 1. The van der Waals surface area contributed by atoms with E-state index in [-0.39, 0.29) is 12.1 Å². The Labute approximate surface area is 179 Å². The number of carbonyl (C=O) groups is 1. The van der Waals surface area contributed by atoms with Gasteiger partial charge in [0, 0.05) is 23.5 Å². The smallest absolute Gasteiger partial charge is 0.319 e. The van der Waals surface area contributed by atoms with E-state index in [1.54, 1.807) is 10.7 Å². The summed E-state index contributed by atoms with van der Waals surface area (Å²) < 4.78 is 1.69. The zero-order valence-electron chi connectivity index (χ0n) is 17.0. The first-order chi connectivity index (χ1) is 15.3. The Hall–Kier alpha value is -3.81. The molecule has 1 aliphatic rings. The van der Waals surface area contributed by atoms with Crippen molar-refractivity contribution in [2.24, 2.45) is 0 Å². The molecule has 0 saturated heterocycles. The molecule has 2 amide bonds. The summed E-state index contributed by atoms with van der Waals surface area (Å²) in [7, 11) is 0. The molecule has 0 spiro atoms. The standard InChI is InChI=1S/C23H23N7O/c31-23(25-17-8-2-1-3-9-17)26-18-10-6-7-16(15-18)19-12-13-21-27-28-22(30(21)29-19)20-11-4-5-14-24-20/h4-7,10-15,17H,1-3,8-9H2,(H2,25,26,31). The van der Waals surface area contributed by atoms with Gasteiger partial charge in [0.15, 0.2) is 5.65 Å². The topological polar surface area (TPSA) is 97.1 Å². The molecule has 8 heteroatoms. The molecule has 0 radical (unpaired) electrons. The molecule has 8 nitrogen and oxygen atoms in total. The molecule has 4 aromatic rings. The number of aromatic nitrogens is 5. The van der Waals surface area contributed by atoms with Crippen LogP contribution in [0.25, 0.3) is 28.4 Å². The van der Waals surface area contributed by atoms with Crippen LogP contribution in [-0.2, 0) is 0 Å². The maximum atomic E-state index is 12.4. The minimum atomic E-state index is -0.163. The van der Waals surface area contributed by atoms with Crippen LogP contribution in [0.3, 0.4) is 0 Å². The van der Waals surface area contributed by atoms with E-state index in [9.17, 15) is 4.79 Å². The second-order valence-electron chi connectivity index (χ2n) is 7.74. The molecule has 0 atom stereocenters. The van der Waals surface area contributed by atoms with E-state index in [1.165, 1.54) is 19.3 Å². The number of fused-ring (bicyclic) bond motifs is 1. The molecule has 0 aliphatic heterocycles. The Morgan fingerprint density at radius 1 is 0.935 bits per heavy atom. The van der Waals surface area contributed by atoms with Gasteiger partial charge < -0.3 is 10.6 Å². The quantitative estimate of drug-likeness (QED) is 0.520. The molecule has 2 N–H and O–H groups in total. The minimum Gasteiger partial charge on any atom is -0.335 e. The fourth-order valence-electron chi connectivity index (χ4n) is 3.95. The van der Waals surface area contributed by atoms with Crippen LogP contribution in [0.15, 0.2) is 60.8 Å². The summed E-state index contributed by atoms with van der Waals surface area (Å²) in [6.07, 6.45) is 7.43. The third kappa shape index (κ3) is 4.23. The van der Waals surface area contributed by atoms with Gasteiger partial charge in [0.05, 0.1) is 5.69 Å². The van der Waals surface area contributed by atoms with Crippen molar-refractivity contribution < 1.29 is 4.79 Å². The van der Waals surface area contributed by atoms with Crippen LogP contribution in [0.4, 0.5) is 10.5 Å². The van der Waals surface area contributed by atoms with Gasteiger partial charge in [-0.1, -0.05) is 37.5 Å². The fourth-order valence-corrected chi connectivity index (χ4v) is 3.95. The van der Waals surface area contributed by atoms with Gasteiger partial charge in [-0.15, -0.1) is 10.2 Å². The first kappa shape index (κ1) is 19.2. The maximum Gasteiger partial charge on any atom is 0.319 e. The molecule has 5 rings (SSSR count). The lowest BCUT2D eigenvalue weighted by Crippen LogP contribution is -2.39. The van der Waals surface area contributed by atoms with Crippen LogP contribution in [-0.4, -0.2) is 36.9 Å². The lowest BCUT2D eigenvalue weighted by Gasteiger charge is -2.22. The lowest BCUT2D eigenvalue weighted by molar-refractivity contribution is 0.244. The number of nitrogens with one attached hydrogen (secondary N) is 2. The molecule has 31 heavy (non-hydrogen) atoms. The van der Waals surface area contributed by atoms with Gasteiger partial charge in [-0.2, -0.15) is 9.61 Å². The van der Waals surface area contributed by atoms with Crippen LogP contribution in [0, 0.1) is 0 Å². The van der Waals surface area contributed by atoms with E-state index < -0.39 is 0 Å². The van der Waals surface area contributed by atoms with Crippen LogP contribution in [0.1, 0.15) is 32.1 Å². The summed E-state index contributed by atoms with van der Waals surface area (Å²) >= 11 is 0. The maximum absolute atomic E-state index is 12.4. The first-order valence-corrected chi connectivity index (χ1v) is 10.6. The third-order valence-corrected chi connectivity index (χ3v) is 5.51. The zero-order chi connectivity index (χ0) is 21.0. The van der Waals surface area contributed by atoms with Gasteiger partial charge in [0.25, 0.3) is 0 Å². The monoisotopic (exact) mass is 413 g/mol. The van der Waals surface area contributed by atoms with Crippen molar-refractivity contribution in [3.63, 3.8) is 0 Å². The SMILES string of the molecule is O=C(Nc1cccc(-c2ccc3nnc(-c4ccccn4)n3n2)c1)NC1CCCCC1. The predicted octanol–water partition coefficient (Wildman–Crippen LogP) is 4.31. The van der Waals surface area contributed by atoms with Crippen LogP contribution < -0.4 is 10.6 Å². The molecule has 1 aromatic carbocycles. The number of pyridine rings is 1. The van der Waals surface area contributed by atoms with E-state index in [0.717, 1.165) is 29.8 Å². The average molecular weight is 413 g/mol. The largest absolute Gasteiger partial charge is 0.335 e. The van der Waals surface area contributed by atoms with E-state index in [2.05, 4.69) is 25.8 Å². The summed E-state index contributed by atoms with van der Waals surface area (Å²) in [5, 5.41) is 19.2. The Balaban J connectivity index is 1.38. The summed E-state index contributed by atoms with van der Waals surface area (Å²) in [5.74, 6) is 0.582. The van der Waals surface area contributed by atoms with E-state index in [4.69, 9.17) is 5.10 Å². The highest BCUT2D eigenvalue weighted by atomic mass is 16.2. The van der Waals surface area contributed by atoms with E-state index in [1.807, 2.05) is 54.6 Å². The summed E-state index contributed by atoms with van der Waals surface area (Å²) in [6.45, 7) is 0. The van der Waals surface area contributed by atoms with Crippen molar-refractivity contribution in [1.82, 2.24) is 30.1 Å². The molecule has 0 bridgehead atoms. The molecular formula is C23H23N7O. The van der Waals surface area contributed by atoms with Gasteiger partial charge >= 0.3 is 6.03 Å². The number of rotatable bonds is 4. The van der Waals surface area contributed by atoms with Gasteiger partial charge in [0.1, 0.15) is 5.69 Å². The number of amides is 2. The van der Waals surface area contributed by atoms with Crippen molar-refractivity contribution in [3.05, 3.63) is 60.8 Å². The van der Waals surface area contributed by atoms with Gasteiger partial charge in [-0.05, 0) is 49.2 Å². The summed E-state index contributed by atoms with van der Waals surface area (Å²) in [5.41, 5.74) is 3.71. The van der Waals surface area contributed by atoms with Crippen LogP contribution in [0.5, 0.6) is 0 Å². The van der Waals surface area contributed by atoms with E-state index in [0.29, 0.717) is 17.2 Å². The normalized spacial score (nSPS) is 14.5. The molecule has 1 aliphatic carbocycles. The van der Waals surface area contributed by atoms with Crippen LogP contribution >= 0.6 is 0 Å². The number of carbonyl (C=O) groups excluding carboxylic acids is 1. The Kier molecular flexibility index (Phi) is 5.26. The molecule has 3 heterocycles. The molecular weight excluding hydrogens is 390 g/mol. The van der Waals surface area contributed by atoms with Crippen molar-refractivity contribution in [2.75, 3.05) is 5.32 Å². The second kappa shape index (κ2) is 8.51. The molecule has 3 aromatic heterocycles. The second-order valence-corrected chi connectivity index (χ2v) is 7.74. The first-order valence-electron chi connectivity index (χ1n) is 10.6. The minimum absolute atomic E-state index is 0.163. The summed E-state index contributed by atoms with van der Waals surface area (Å²) in [4.78, 5) is 16.8. The van der Waals surface area contributed by atoms with Crippen molar-refractivity contribution in [1.29, 1.82) is 0 Å². The average Bonchev–Trinajstić information content (AvgIpc) is 3.24.